The molecule has 1 N–H and O–H groups in total. The van der Waals surface area contributed by atoms with E-state index in [-0.39, 0.29) is 17.1 Å². The number of halogens is 5. The van der Waals surface area contributed by atoms with Gasteiger partial charge in [-0.15, -0.1) is 0 Å². The molecule has 0 spiro atoms. The van der Waals surface area contributed by atoms with Crippen molar-refractivity contribution in [2.45, 2.75) is 12.6 Å². The lowest BCUT2D eigenvalue weighted by Gasteiger charge is -2.09. The third-order valence-corrected chi connectivity index (χ3v) is 3.09. The number of carbonyl (C=O) groups is 1. The Kier molecular flexibility index (Phi) is 4.71. The number of amides is 1. The largest absolute Gasteiger partial charge is 0.416 e. The molecule has 7 heteroatoms. The Morgan fingerprint density at radius 1 is 1.09 bits per heavy atom. The van der Waals surface area contributed by atoms with Gasteiger partial charge >= 0.3 is 6.18 Å². The van der Waals surface area contributed by atoms with E-state index in [4.69, 9.17) is 11.6 Å². The van der Waals surface area contributed by atoms with Crippen molar-refractivity contribution in [3.63, 3.8) is 0 Å². The summed E-state index contributed by atoms with van der Waals surface area (Å²) in [5.74, 6) is -1.23. The van der Waals surface area contributed by atoms with Crippen LogP contribution in [0.15, 0.2) is 42.5 Å². The van der Waals surface area contributed by atoms with E-state index in [2.05, 4.69) is 5.32 Å². The number of benzene rings is 2. The fourth-order valence-corrected chi connectivity index (χ4v) is 1.94. The molecule has 0 aliphatic heterocycles. The molecular formula is C15H10ClF4NO. The molecular weight excluding hydrogens is 322 g/mol. The van der Waals surface area contributed by atoms with E-state index in [9.17, 15) is 22.4 Å². The zero-order chi connectivity index (χ0) is 16.3. The van der Waals surface area contributed by atoms with Crippen LogP contribution in [0.5, 0.6) is 0 Å². The van der Waals surface area contributed by atoms with E-state index in [0.29, 0.717) is 5.56 Å². The van der Waals surface area contributed by atoms with Gasteiger partial charge < -0.3 is 5.32 Å². The maximum Gasteiger partial charge on any atom is 0.416 e. The van der Waals surface area contributed by atoms with Crippen molar-refractivity contribution in [1.82, 2.24) is 0 Å². The first-order valence-electron chi connectivity index (χ1n) is 6.17. The van der Waals surface area contributed by atoms with Gasteiger partial charge in [0, 0.05) is 5.02 Å². The monoisotopic (exact) mass is 331 g/mol. The van der Waals surface area contributed by atoms with Crippen molar-refractivity contribution in [2.75, 3.05) is 5.32 Å². The number of nitrogens with one attached hydrogen (secondary N) is 1. The lowest BCUT2D eigenvalue weighted by molar-refractivity contribution is -0.137. The van der Waals surface area contributed by atoms with E-state index in [0.717, 1.165) is 18.2 Å². The minimum Gasteiger partial charge on any atom is -0.323 e. The van der Waals surface area contributed by atoms with Gasteiger partial charge in [0.1, 0.15) is 5.82 Å². The quantitative estimate of drug-likeness (QED) is 0.813. The summed E-state index contributed by atoms with van der Waals surface area (Å²) in [6, 6.07) is 7.98. The zero-order valence-corrected chi connectivity index (χ0v) is 11.8. The van der Waals surface area contributed by atoms with Crippen LogP contribution in [-0.4, -0.2) is 5.91 Å². The summed E-state index contributed by atoms with van der Waals surface area (Å²) >= 11 is 5.59. The number of anilines is 1. The molecule has 0 aliphatic rings. The predicted molar refractivity (Wildman–Crippen MR) is 75.2 cm³/mol. The Bertz CT molecular complexity index is 683. The summed E-state index contributed by atoms with van der Waals surface area (Å²) in [6.45, 7) is 0. The number of hydrogen-bond acceptors (Lipinski definition) is 1. The Labute approximate surface area is 128 Å². The van der Waals surface area contributed by atoms with Gasteiger partial charge in [-0.2, -0.15) is 13.2 Å². The fraction of sp³-hybridized carbons (Fsp3) is 0.133. The molecule has 2 rings (SSSR count). The van der Waals surface area contributed by atoms with E-state index < -0.39 is 23.5 Å². The molecule has 2 aromatic rings. The van der Waals surface area contributed by atoms with Gasteiger partial charge in [-0.3, -0.25) is 4.79 Å². The van der Waals surface area contributed by atoms with Crippen LogP contribution < -0.4 is 5.32 Å². The molecule has 0 atom stereocenters. The first-order valence-corrected chi connectivity index (χ1v) is 6.54. The molecule has 22 heavy (non-hydrogen) atoms. The number of alkyl halides is 3. The Balaban J connectivity index is 2.03. The molecule has 0 aliphatic carbocycles. The molecule has 0 saturated carbocycles. The Morgan fingerprint density at radius 3 is 2.27 bits per heavy atom. The number of hydrogen-bond donors (Lipinski definition) is 1. The smallest absolute Gasteiger partial charge is 0.323 e. The third kappa shape index (κ3) is 4.21. The van der Waals surface area contributed by atoms with Gasteiger partial charge in [0.25, 0.3) is 0 Å². The van der Waals surface area contributed by atoms with E-state index in [1.165, 1.54) is 24.3 Å². The lowest BCUT2D eigenvalue weighted by Crippen LogP contribution is -2.15. The molecule has 0 heterocycles. The van der Waals surface area contributed by atoms with Crippen LogP contribution in [-0.2, 0) is 17.4 Å². The molecule has 2 aromatic carbocycles. The van der Waals surface area contributed by atoms with Crippen molar-refractivity contribution in [3.05, 3.63) is 64.4 Å². The summed E-state index contributed by atoms with van der Waals surface area (Å²) in [4.78, 5) is 11.8. The first-order chi connectivity index (χ1) is 10.3. The van der Waals surface area contributed by atoms with Crippen molar-refractivity contribution in [2.24, 2.45) is 0 Å². The van der Waals surface area contributed by atoms with Gasteiger partial charge in [-0.1, -0.05) is 23.7 Å². The Morgan fingerprint density at radius 2 is 1.73 bits per heavy atom. The molecule has 2 nitrogen and oxygen atoms in total. The highest BCUT2D eigenvalue weighted by molar-refractivity contribution is 6.30. The van der Waals surface area contributed by atoms with Crippen molar-refractivity contribution in [1.29, 1.82) is 0 Å². The first kappa shape index (κ1) is 16.3. The van der Waals surface area contributed by atoms with Gasteiger partial charge in [0.15, 0.2) is 0 Å². The van der Waals surface area contributed by atoms with Crippen LogP contribution in [0.2, 0.25) is 5.02 Å². The molecule has 0 radical (unpaired) electrons. The average molecular weight is 332 g/mol. The van der Waals surface area contributed by atoms with Gasteiger partial charge in [-0.05, 0) is 35.9 Å². The van der Waals surface area contributed by atoms with E-state index >= 15 is 0 Å². The summed E-state index contributed by atoms with van der Waals surface area (Å²) in [6.07, 6.45) is -4.59. The summed E-state index contributed by atoms with van der Waals surface area (Å²) < 4.78 is 50.8. The molecule has 0 saturated heterocycles. The minimum absolute atomic E-state index is 0.0405. The van der Waals surface area contributed by atoms with Crippen LogP contribution in [0.1, 0.15) is 11.1 Å². The standard InChI is InChI=1S/C15H10ClF4NO/c16-11-5-6-13(12(17)8-11)21-14(22)7-9-1-3-10(4-2-9)15(18,19)20/h1-6,8H,7H2,(H,21,22). The van der Waals surface area contributed by atoms with Crippen LogP contribution in [0.4, 0.5) is 23.2 Å². The van der Waals surface area contributed by atoms with Crippen molar-refractivity contribution in [3.8, 4) is 0 Å². The minimum atomic E-state index is -4.42. The summed E-state index contributed by atoms with van der Waals surface area (Å²) in [7, 11) is 0. The maximum atomic E-state index is 13.5. The fourth-order valence-electron chi connectivity index (χ4n) is 1.78. The topological polar surface area (TPSA) is 29.1 Å². The van der Waals surface area contributed by atoms with Crippen molar-refractivity contribution >= 4 is 23.2 Å². The van der Waals surface area contributed by atoms with E-state index in [1.807, 2.05) is 0 Å². The zero-order valence-electron chi connectivity index (χ0n) is 11.0. The van der Waals surface area contributed by atoms with Crippen LogP contribution >= 0.6 is 11.6 Å². The summed E-state index contributed by atoms with van der Waals surface area (Å²) in [5.41, 5.74) is -0.443. The molecule has 0 unspecified atom stereocenters. The van der Waals surface area contributed by atoms with Gasteiger partial charge in [-0.25, -0.2) is 4.39 Å². The Hall–Kier alpha value is -2.08. The van der Waals surface area contributed by atoms with Crippen LogP contribution in [0.3, 0.4) is 0 Å². The van der Waals surface area contributed by atoms with Crippen LogP contribution in [0.25, 0.3) is 0 Å². The molecule has 0 aromatic heterocycles. The predicted octanol–water partition coefficient (Wildman–Crippen LogP) is 4.68. The second-order valence-corrected chi connectivity index (χ2v) is 4.98. The highest BCUT2D eigenvalue weighted by atomic mass is 35.5. The number of carbonyl (C=O) groups excluding carboxylic acids is 1. The van der Waals surface area contributed by atoms with Crippen LogP contribution in [0, 0.1) is 5.82 Å². The SMILES string of the molecule is O=C(Cc1ccc(C(F)(F)F)cc1)Nc1ccc(Cl)cc1F. The summed E-state index contributed by atoms with van der Waals surface area (Å²) in [5, 5.41) is 2.53. The van der Waals surface area contributed by atoms with Crippen molar-refractivity contribution < 1.29 is 22.4 Å². The third-order valence-electron chi connectivity index (χ3n) is 2.85. The maximum absolute atomic E-state index is 13.5. The molecule has 116 valence electrons. The normalized spacial score (nSPS) is 11.3. The average Bonchev–Trinajstić information content (AvgIpc) is 2.41. The molecule has 0 bridgehead atoms. The second-order valence-electron chi connectivity index (χ2n) is 4.54. The number of rotatable bonds is 3. The molecule has 1 amide bonds. The van der Waals surface area contributed by atoms with E-state index in [1.54, 1.807) is 0 Å². The highest BCUT2D eigenvalue weighted by Gasteiger charge is 2.29. The van der Waals surface area contributed by atoms with Gasteiger partial charge in [0.2, 0.25) is 5.91 Å². The lowest BCUT2D eigenvalue weighted by atomic mass is 10.1. The second kappa shape index (κ2) is 6.36. The van der Waals surface area contributed by atoms with Gasteiger partial charge in [0.05, 0.1) is 17.7 Å². The molecule has 0 fully saturated rings. The highest BCUT2D eigenvalue weighted by Crippen LogP contribution is 2.29.